The van der Waals surface area contributed by atoms with Gasteiger partial charge in [-0.1, -0.05) is 56.3 Å². The van der Waals surface area contributed by atoms with Crippen LogP contribution >= 0.6 is 0 Å². The van der Waals surface area contributed by atoms with Crippen molar-refractivity contribution in [3.05, 3.63) is 78.4 Å². The summed E-state index contributed by atoms with van der Waals surface area (Å²) in [5.41, 5.74) is 2.88. The SMILES string of the molecule is COc1ccc2c(c1)c(OCCN(C)C)c(-c1ccccc1)n2S(=O)(=O)c1ccc(C(C)C)cc1. The van der Waals surface area contributed by atoms with Crippen molar-refractivity contribution in [2.24, 2.45) is 0 Å². The number of hydrogen-bond acceptors (Lipinski definition) is 5. The van der Waals surface area contributed by atoms with E-state index in [2.05, 4.69) is 13.8 Å². The molecule has 0 fully saturated rings. The Morgan fingerprint density at radius 1 is 0.943 bits per heavy atom. The molecule has 7 heteroatoms. The van der Waals surface area contributed by atoms with Crippen LogP contribution in [0.2, 0.25) is 0 Å². The smallest absolute Gasteiger partial charge is 0.268 e. The summed E-state index contributed by atoms with van der Waals surface area (Å²) in [6, 6.07) is 22.0. The molecule has 0 aliphatic rings. The van der Waals surface area contributed by atoms with E-state index in [9.17, 15) is 8.42 Å². The van der Waals surface area contributed by atoms with Crippen molar-refractivity contribution >= 4 is 20.9 Å². The molecule has 0 aliphatic carbocycles. The fourth-order valence-corrected chi connectivity index (χ4v) is 5.58. The fraction of sp³-hybridized carbons (Fsp3) is 0.286. The highest BCUT2D eigenvalue weighted by Gasteiger charge is 2.29. The van der Waals surface area contributed by atoms with E-state index in [0.717, 1.165) is 11.1 Å². The highest BCUT2D eigenvalue weighted by Crippen LogP contribution is 2.43. The lowest BCUT2D eigenvalue weighted by Crippen LogP contribution is -2.19. The van der Waals surface area contributed by atoms with Crippen LogP contribution in [-0.2, 0) is 10.0 Å². The van der Waals surface area contributed by atoms with Crippen LogP contribution in [-0.4, -0.2) is 51.6 Å². The van der Waals surface area contributed by atoms with Crippen molar-refractivity contribution in [2.75, 3.05) is 34.4 Å². The Balaban J connectivity index is 2.01. The van der Waals surface area contributed by atoms with Crippen molar-refractivity contribution in [1.29, 1.82) is 0 Å². The molecule has 184 valence electrons. The van der Waals surface area contributed by atoms with Crippen LogP contribution in [0.5, 0.6) is 11.5 Å². The maximum absolute atomic E-state index is 14.1. The summed E-state index contributed by atoms with van der Waals surface area (Å²) in [6.45, 7) is 5.27. The summed E-state index contributed by atoms with van der Waals surface area (Å²) < 4.78 is 41.4. The Hall–Kier alpha value is -3.29. The maximum atomic E-state index is 14.1. The Labute approximate surface area is 207 Å². The first-order valence-electron chi connectivity index (χ1n) is 11.6. The molecule has 0 atom stereocenters. The van der Waals surface area contributed by atoms with Crippen molar-refractivity contribution in [2.45, 2.75) is 24.7 Å². The predicted molar refractivity (Wildman–Crippen MR) is 141 cm³/mol. The lowest BCUT2D eigenvalue weighted by Gasteiger charge is -2.15. The highest BCUT2D eigenvalue weighted by molar-refractivity contribution is 7.90. The topological polar surface area (TPSA) is 60.8 Å². The predicted octanol–water partition coefficient (Wildman–Crippen LogP) is 5.62. The number of likely N-dealkylation sites (N-methyl/N-ethyl adjacent to an activating group) is 1. The van der Waals surface area contributed by atoms with Crippen molar-refractivity contribution in [1.82, 2.24) is 8.87 Å². The second-order valence-corrected chi connectivity index (χ2v) is 10.9. The molecule has 3 aromatic carbocycles. The largest absolute Gasteiger partial charge is 0.497 e. The third-order valence-electron chi connectivity index (χ3n) is 6.00. The molecule has 0 bridgehead atoms. The third-order valence-corrected chi connectivity index (χ3v) is 7.73. The molecule has 4 rings (SSSR count). The molecule has 0 N–H and O–H groups in total. The number of benzene rings is 3. The van der Waals surface area contributed by atoms with E-state index in [1.54, 1.807) is 31.4 Å². The minimum atomic E-state index is -3.94. The molecule has 35 heavy (non-hydrogen) atoms. The van der Waals surface area contributed by atoms with Crippen molar-refractivity contribution in [3.63, 3.8) is 0 Å². The number of ether oxygens (including phenoxy) is 2. The van der Waals surface area contributed by atoms with E-state index in [-0.39, 0.29) is 4.90 Å². The standard InChI is InChI=1S/C28H32N2O4S/c1-20(2)21-11-14-24(15-12-21)35(31,32)30-26-16-13-23(33-5)19-25(26)28(34-18-17-29(3)4)27(30)22-9-7-6-8-10-22/h6-16,19-20H,17-18H2,1-5H3. The first-order valence-corrected chi connectivity index (χ1v) is 13.1. The van der Waals surface area contributed by atoms with Gasteiger partial charge in [-0.05, 0) is 55.9 Å². The second-order valence-electron chi connectivity index (χ2n) is 9.07. The zero-order valence-electron chi connectivity index (χ0n) is 20.9. The van der Waals surface area contributed by atoms with E-state index in [0.29, 0.717) is 47.2 Å². The summed E-state index contributed by atoms with van der Waals surface area (Å²) in [7, 11) is 1.59. The molecule has 0 saturated heterocycles. The van der Waals surface area contributed by atoms with Crippen molar-refractivity contribution < 1.29 is 17.9 Å². The number of rotatable bonds is 9. The maximum Gasteiger partial charge on any atom is 0.268 e. The Bertz CT molecular complexity index is 1410. The summed E-state index contributed by atoms with van der Waals surface area (Å²) >= 11 is 0. The quantitative estimate of drug-likeness (QED) is 0.304. The van der Waals surface area contributed by atoms with E-state index in [1.165, 1.54) is 3.97 Å². The van der Waals surface area contributed by atoms with E-state index >= 15 is 0 Å². The minimum absolute atomic E-state index is 0.228. The van der Waals surface area contributed by atoms with Gasteiger partial charge in [0, 0.05) is 17.5 Å². The fourth-order valence-electron chi connectivity index (χ4n) is 4.04. The van der Waals surface area contributed by atoms with Gasteiger partial charge in [0.05, 0.1) is 17.5 Å². The number of aromatic nitrogens is 1. The van der Waals surface area contributed by atoms with Gasteiger partial charge in [-0.3, -0.25) is 0 Å². The lowest BCUT2D eigenvalue weighted by molar-refractivity contribution is 0.264. The van der Waals surface area contributed by atoms with Gasteiger partial charge in [-0.15, -0.1) is 0 Å². The highest BCUT2D eigenvalue weighted by atomic mass is 32.2. The molecule has 0 spiro atoms. The first-order chi connectivity index (χ1) is 16.7. The molecule has 1 aromatic heterocycles. The molecule has 0 radical (unpaired) electrons. The van der Waals surface area contributed by atoms with Crippen LogP contribution in [0.4, 0.5) is 0 Å². The lowest BCUT2D eigenvalue weighted by atomic mass is 10.0. The molecule has 1 heterocycles. The zero-order valence-corrected chi connectivity index (χ0v) is 21.7. The van der Waals surface area contributed by atoms with Gasteiger partial charge in [-0.2, -0.15) is 0 Å². The summed E-state index contributed by atoms with van der Waals surface area (Å²) in [4.78, 5) is 2.25. The van der Waals surface area contributed by atoms with E-state index < -0.39 is 10.0 Å². The molecular formula is C28H32N2O4S. The molecule has 0 aliphatic heterocycles. The van der Waals surface area contributed by atoms with Gasteiger partial charge in [0.1, 0.15) is 18.1 Å². The van der Waals surface area contributed by atoms with Gasteiger partial charge in [0.15, 0.2) is 5.75 Å². The number of methoxy groups -OCH3 is 1. The molecule has 6 nitrogen and oxygen atoms in total. The zero-order chi connectivity index (χ0) is 25.2. The van der Waals surface area contributed by atoms with Crippen molar-refractivity contribution in [3.8, 4) is 22.8 Å². The van der Waals surface area contributed by atoms with Gasteiger partial charge in [0.2, 0.25) is 0 Å². The average Bonchev–Trinajstić information content (AvgIpc) is 3.18. The number of nitrogens with zero attached hydrogens (tertiary/aromatic N) is 2. The first kappa shape index (κ1) is 24.8. The van der Waals surface area contributed by atoms with Crippen LogP contribution < -0.4 is 9.47 Å². The summed E-state index contributed by atoms with van der Waals surface area (Å²) in [6.07, 6.45) is 0. The monoisotopic (exact) mass is 492 g/mol. The van der Waals surface area contributed by atoms with Crippen LogP contribution in [0.1, 0.15) is 25.3 Å². The van der Waals surface area contributed by atoms with Crippen LogP contribution in [0, 0.1) is 0 Å². The van der Waals surface area contributed by atoms with E-state index in [1.807, 2.05) is 67.5 Å². The molecule has 0 saturated carbocycles. The molecule has 0 unspecified atom stereocenters. The molecule has 4 aromatic rings. The normalized spacial score (nSPS) is 12.0. The number of fused-ring (bicyclic) bond motifs is 1. The minimum Gasteiger partial charge on any atom is -0.497 e. The Morgan fingerprint density at radius 3 is 2.23 bits per heavy atom. The van der Waals surface area contributed by atoms with Crippen LogP contribution in [0.15, 0.2) is 77.7 Å². The Morgan fingerprint density at radius 2 is 1.63 bits per heavy atom. The van der Waals surface area contributed by atoms with Crippen LogP contribution in [0.3, 0.4) is 0 Å². The second kappa shape index (κ2) is 10.1. The molecule has 0 amide bonds. The van der Waals surface area contributed by atoms with Gasteiger partial charge < -0.3 is 14.4 Å². The molecular weight excluding hydrogens is 460 g/mol. The average molecular weight is 493 g/mol. The van der Waals surface area contributed by atoms with E-state index in [4.69, 9.17) is 9.47 Å². The summed E-state index contributed by atoms with van der Waals surface area (Å²) in [5.74, 6) is 1.46. The van der Waals surface area contributed by atoms with Gasteiger partial charge in [-0.25, -0.2) is 12.4 Å². The van der Waals surface area contributed by atoms with Gasteiger partial charge >= 0.3 is 0 Å². The van der Waals surface area contributed by atoms with Gasteiger partial charge in [0.25, 0.3) is 10.0 Å². The van der Waals surface area contributed by atoms with Crippen LogP contribution in [0.25, 0.3) is 22.2 Å². The third kappa shape index (κ3) is 4.92. The summed E-state index contributed by atoms with van der Waals surface area (Å²) in [5, 5.41) is 0.685. The Kier molecular flexibility index (Phi) is 7.19. The number of hydrogen-bond donors (Lipinski definition) is 0.